The number of esters is 1. The van der Waals surface area contributed by atoms with Gasteiger partial charge in [-0.15, -0.1) is 0 Å². The number of anilines is 1. The normalized spacial score (nSPS) is 19.0. The predicted molar refractivity (Wildman–Crippen MR) is 102 cm³/mol. The molecule has 2 fully saturated rings. The maximum Gasteiger partial charge on any atom is 0.329 e. The average Bonchev–Trinajstić information content (AvgIpc) is 3.23. The maximum atomic E-state index is 12.8. The highest BCUT2D eigenvalue weighted by molar-refractivity contribution is 5.85. The molecule has 1 atom stereocenters. The van der Waals surface area contributed by atoms with Crippen molar-refractivity contribution in [2.75, 3.05) is 18.0 Å². The van der Waals surface area contributed by atoms with Gasteiger partial charge in [0.25, 0.3) is 0 Å². The highest BCUT2D eigenvalue weighted by Crippen LogP contribution is 2.31. The first-order valence-electron chi connectivity index (χ1n) is 9.88. The first-order valence-corrected chi connectivity index (χ1v) is 9.88. The second kappa shape index (κ2) is 7.91. The van der Waals surface area contributed by atoms with Crippen molar-refractivity contribution in [3.05, 3.63) is 30.0 Å². The minimum absolute atomic E-state index is 0.0780. The molecule has 1 saturated carbocycles. The van der Waals surface area contributed by atoms with E-state index in [9.17, 15) is 10.1 Å². The van der Waals surface area contributed by atoms with E-state index in [1.807, 2.05) is 24.3 Å². The Morgan fingerprint density at radius 3 is 2.41 bits per heavy atom. The molecular formula is C21H24N4O2. The van der Waals surface area contributed by atoms with E-state index < -0.39 is 11.9 Å². The number of rotatable bonds is 4. The Morgan fingerprint density at radius 2 is 1.74 bits per heavy atom. The maximum absolute atomic E-state index is 12.8. The lowest BCUT2D eigenvalue weighted by Gasteiger charge is -2.24. The van der Waals surface area contributed by atoms with Gasteiger partial charge in [-0.05, 0) is 50.7 Å². The van der Waals surface area contributed by atoms with Gasteiger partial charge in [0.2, 0.25) is 0 Å². The third kappa shape index (κ3) is 3.73. The average molecular weight is 364 g/mol. The first-order chi connectivity index (χ1) is 13.3. The summed E-state index contributed by atoms with van der Waals surface area (Å²) in [5.74, 6) is -0.882. The van der Waals surface area contributed by atoms with Crippen LogP contribution in [0.15, 0.2) is 24.3 Å². The van der Waals surface area contributed by atoms with Crippen molar-refractivity contribution < 1.29 is 9.53 Å². The Kier molecular flexibility index (Phi) is 5.19. The minimum Gasteiger partial charge on any atom is -0.461 e. The number of benzene rings is 1. The zero-order chi connectivity index (χ0) is 18.6. The van der Waals surface area contributed by atoms with Crippen LogP contribution in [0.3, 0.4) is 0 Å². The number of hydrogen-bond donors (Lipinski definition) is 0. The molecule has 0 amide bonds. The van der Waals surface area contributed by atoms with Crippen molar-refractivity contribution in [2.24, 2.45) is 0 Å². The molecule has 1 aromatic carbocycles. The molecule has 0 radical (unpaired) electrons. The van der Waals surface area contributed by atoms with Gasteiger partial charge >= 0.3 is 5.97 Å². The molecule has 1 aromatic heterocycles. The van der Waals surface area contributed by atoms with Gasteiger partial charge in [0.15, 0.2) is 11.7 Å². The molecule has 1 aliphatic heterocycles. The van der Waals surface area contributed by atoms with Gasteiger partial charge in [-0.3, -0.25) is 4.79 Å². The molecule has 6 heteroatoms. The van der Waals surface area contributed by atoms with Crippen molar-refractivity contribution >= 4 is 22.8 Å². The van der Waals surface area contributed by atoms with E-state index in [0.717, 1.165) is 57.1 Å². The summed E-state index contributed by atoms with van der Waals surface area (Å²) in [7, 11) is 0. The van der Waals surface area contributed by atoms with E-state index in [1.165, 1.54) is 6.42 Å². The zero-order valence-electron chi connectivity index (χ0n) is 15.4. The molecule has 2 aliphatic rings. The van der Waals surface area contributed by atoms with Crippen LogP contribution in [-0.4, -0.2) is 35.1 Å². The van der Waals surface area contributed by atoms with E-state index in [2.05, 4.69) is 16.0 Å². The molecule has 1 aliphatic carbocycles. The summed E-state index contributed by atoms with van der Waals surface area (Å²) in [4.78, 5) is 24.4. The molecule has 140 valence electrons. The summed E-state index contributed by atoms with van der Waals surface area (Å²) in [5, 5.41) is 9.78. The van der Waals surface area contributed by atoms with Gasteiger partial charge in [0.1, 0.15) is 11.8 Å². The van der Waals surface area contributed by atoms with Crippen LogP contribution in [0.4, 0.5) is 5.82 Å². The van der Waals surface area contributed by atoms with Crippen LogP contribution in [-0.2, 0) is 9.53 Å². The lowest BCUT2D eigenvalue weighted by molar-refractivity contribution is -0.150. The van der Waals surface area contributed by atoms with E-state index in [1.54, 1.807) is 0 Å². The van der Waals surface area contributed by atoms with Gasteiger partial charge in [-0.25, -0.2) is 9.97 Å². The molecule has 0 N–H and O–H groups in total. The highest BCUT2D eigenvalue weighted by atomic mass is 16.5. The zero-order valence-corrected chi connectivity index (χ0v) is 15.4. The van der Waals surface area contributed by atoms with Crippen LogP contribution in [0.1, 0.15) is 56.6 Å². The number of carbonyl (C=O) groups is 1. The number of para-hydroxylation sites is 2. The second-order valence-electron chi connectivity index (χ2n) is 7.37. The fourth-order valence-corrected chi connectivity index (χ4v) is 4.00. The Hall–Kier alpha value is -2.68. The molecule has 1 saturated heterocycles. The summed E-state index contributed by atoms with van der Waals surface area (Å²) in [6.45, 7) is 1.74. The van der Waals surface area contributed by atoms with Crippen molar-refractivity contribution in [1.82, 2.24) is 9.97 Å². The second-order valence-corrected chi connectivity index (χ2v) is 7.37. The molecule has 1 unspecified atom stereocenters. The number of carbonyl (C=O) groups excluding carboxylic acids is 1. The van der Waals surface area contributed by atoms with E-state index in [0.29, 0.717) is 17.0 Å². The number of nitrogens with zero attached hydrogens (tertiary/aromatic N) is 4. The van der Waals surface area contributed by atoms with Gasteiger partial charge in [0, 0.05) is 13.1 Å². The molecule has 6 nitrogen and oxygen atoms in total. The monoisotopic (exact) mass is 364 g/mol. The Balaban J connectivity index is 1.69. The number of fused-ring (bicyclic) bond motifs is 1. The highest BCUT2D eigenvalue weighted by Gasteiger charge is 2.32. The largest absolute Gasteiger partial charge is 0.461 e. The Bertz CT molecular complexity index is 864. The van der Waals surface area contributed by atoms with Crippen molar-refractivity contribution in [1.29, 1.82) is 5.26 Å². The molecule has 0 spiro atoms. The summed E-state index contributed by atoms with van der Waals surface area (Å²) >= 11 is 0. The molecule has 4 rings (SSSR count). The van der Waals surface area contributed by atoms with Crippen molar-refractivity contribution in [3.8, 4) is 6.07 Å². The number of aromatic nitrogens is 2. The third-order valence-corrected chi connectivity index (χ3v) is 5.46. The van der Waals surface area contributed by atoms with Gasteiger partial charge in [0.05, 0.1) is 17.1 Å². The standard InChI is InChI=1S/C21H24N4O2/c22-14-16(21(26)27-15-8-2-1-3-9-15)19-20(25-12-6-7-13-25)24-18-11-5-4-10-17(18)23-19/h4-5,10-11,15-16H,1-3,6-9,12-13H2. The summed E-state index contributed by atoms with van der Waals surface area (Å²) in [6, 6.07) is 9.71. The van der Waals surface area contributed by atoms with Crippen LogP contribution in [0, 0.1) is 11.3 Å². The smallest absolute Gasteiger partial charge is 0.329 e. The third-order valence-electron chi connectivity index (χ3n) is 5.46. The van der Waals surface area contributed by atoms with Crippen LogP contribution < -0.4 is 4.90 Å². The quantitative estimate of drug-likeness (QED) is 0.770. The minimum atomic E-state index is -1.04. The topological polar surface area (TPSA) is 79.1 Å². The first kappa shape index (κ1) is 17.7. The summed E-state index contributed by atoms with van der Waals surface area (Å²) < 4.78 is 5.68. The van der Waals surface area contributed by atoms with E-state index in [4.69, 9.17) is 9.72 Å². The van der Waals surface area contributed by atoms with Gasteiger partial charge in [-0.1, -0.05) is 18.6 Å². The van der Waals surface area contributed by atoms with Crippen LogP contribution in [0.5, 0.6) is 0 Å². The number of ether oxygens (including phenoxy) is 1. The molecule has 2 aromatic rings. The lowest BCUT2D eigenvalue weighted by Crippen LogP contribution is -2.28. The Labute approximate surface area is 159 Å². The van der Waals surface area contributed by atoms with Crippen molar-refractivity contribution in [2.45, 2.75) is 57.0 Å². The summed E-state index contributed by atoms with van der Waals surface area (Å²) in [6.07, 6.45) is 7.18. The molecule has 27 heavy (non-hydrogen) atoms. The SMILES string of the molecule is N#CC(C(=O)OC1CCCCC1)c1nc2ccccc2nc1N1CCCC1. The molecule has 0 bridgehead atoms. The van der Waals surface area contributed by atoms with Gasteiger partial charge in [-0.2, -0.15) is 5.26 Å². The molecular weight excluding hydrogens is 340 g/mol. The predicted octanol–water partition coefficient (Wildman–Crippen LogP) is 3.71. The summed E-state index contributed by atoms with van der Waals surface area (Å²) in [5.41, 5.74) is 1.90. The number of nitriles is 1. The number of hydrogen-bond acceptors (Lipinski definition) is 6. The molecule has 2 heterocycles. The van der Waals surface area contributed by atoms with Crippen LogP contribution >= 0.6 is 0 Å². The lowest BCUT2D eigenvalue weighted by atomic mass is 9.97. The Morgan fingerprint density at radius 1 is 1.07 bits per heavy atom. The van der Waals surface area contributed by atoms with E-state index >= 15 is 0 Å². The van der Waals surface area contributed by atoms with Gasteiger partial charge < -0.3 is 9.64 Å². The van der Waals surface area contributed by atoms with E-state index in [-0.39, 0.29) is 6.10 Å². The van der Waals surface area contributed by atoms with Crippen molar-refractivity contribution in [3.63, 3.8) is 0 Å². The fourth-order valence-electron chi connectivity index (χ4n) is 4.00. The fraction of sp³-hybridized carbons (Fsp3) is 0.524. The van der Waals surface area contributed by atoms with Crippen LogP contribution in [0.25, 0.3) is 11.0 Å². The van der Waals surface area contributed by atoms with Crippen LogP contribution in [0.2, 0.25) is 0 Å².